The zero-order chi connectivity index (χ0) is 24.3. The summed E-state index contributed by atoms with van der Waals surface area (Å²) in [7, 11) is -0.877. The van der Waals surface area contributed by atoms with E-state index in [2.05, 4.69) is 154 Å². The zero-order valence-electron chi connectivity index (χ0n) is 18.9. The Morgan fingerprint density at radius 3 is 1.17 bits per heavy atom. The molecule has 4 aromatic carbocycles. The summed E-state index contributed by atoms with van der Waals surface area (Å²) in [6.07, 6.45) is 11.6. The van der Waals surface area contributed by atoms with E-state index in [9.17, 15) is 0 Å². The minimum atomic E-state index is -0.877. The van der Waals surface area contributed by atoms with Crippen LogP contribution in [0.25, 0.3) is 22.8 Å². The van der Waals surface area contributed by atoms with Crippen molar-refractivity contribution < 1.29 is 14.2 Å². The van der Waals surface area contributed by atoms with Crippen LogP contribution >= 0.6 is 22.0 Å². The van der Waals surface area contributed by atoms with Crippen LogP contribution in [0, 0.1) is 0 Å². The second kappa shape index (κ2) is 13.3. The average molecular weight is 587 g/mol. The van der Waals surface area contributed by atoms with Crippen molar-refractivity contribution in [3.8, 4) is 0 Å². The smallest absolute Gasteiger partial charge is 0.0620 e. The van der Waals surface area contributed by atoms with Gasteiger partial charge in [-0.3, -0.25) is 0 Å². The molecule has 0 spiro atoms. The van der Waals surface area contributed by atoms with E-state index in [1.54, 1.807) is 12.4 Å². The van der Waals surface area contributed by atoms with Crippen molar-refractivity contribution in [2.45, 2.75) is 0 Å². The van der Waals surface area contributed by atoms with Gasteiger partial charge in [-0.1, -0.05) is 91.0 Å². The molecule has 6 rings (SSSR count). The zero-order valence-corrected chi connectivity index (χ0v) is 22.4. The van der Waals surface area contributed by atoms with Crippen LogP contribution in [0.3, 0.4) is 0 Å². The number of allylic oxidation sites excluding steroid dienone is 2. The summed E-state index contributed by atoms with van der Waals surface area (Å²) in [5.41, 5.74) is 1.95. The molecule has 0 atom stereocenters. The maximum Gasteiger partial charge on any atom is 0.102 e. The summed E-state index contributed by atoms with van der Waals surface area (Å²) in [5, 5.41) is 15.3. The van der Waals surface area contributed by atoms with Crippen molar-refractivity contribution >= 4 is 61.5 Å². The van der Waals surface area contributed by atoms with Crippen molar-refractivity contribution in [3.63, 3.8) is 0 Å². The molecule has 35 heavy (non-hydrogen) atoms. The fourth-order valence-electron chi connectivity index (χ4n) is 3.99. The Hall–Kier alpha value is -2.87. The number of hydrogen-bond donors (Lipinski definition) is 0. The quantitative estimate of drug-likeness (QED) is 0.198. The topological polar surface area (TPSA) is 28.2 Å². The molecule has 0 amide bonds. The van der Waals surface area contributed by atoms with Crippen LogP contribution in [-0.2, 0) is 14.2 Å². The third kappa shape index (κ3) is 6.42. The second-order valence-corrected chi connectivity index (χ2v) is 10.2. The summed E-state index contributed by atoms with van der Waals surface area (Å²) in [5.74, 6) is 0. The van der Waals surface area contributed by atoms with Crippen LogP contribution in [0.4, 0.5) is 11.4 Å². The minimum Gasteiger partial charge on any atom is -0.0620 e. The van der Waals surface area contributed by atoms with Gasteiger partial charge in [-0.25, -0.2) is 0 Å². The summed E-state index contributed by atoms with van der Waals surface area (Å²) >= 11 is 6.50. The van der Waals surface area contributed by atoms with E-state index < -0.39 is 7.92 Å². The summed E-state index contributed by atoms with van der Waals surface area (Å²) in [6, 6.07) is 36.6. The molecule has 0 N–H and O–H groups in total. The van der Waals surface area contributed by atoms with Crippen molar-refractivity contribution in [3.05, 3.63) is 149 Å². The van der Waals surface area contributed by atoms with E-state index in [4.69, 9.17) is 0 Å². The Labute approximate surface area is 223 Å². The predicted molar refractivity (Wildman–Crippen MR) is 154 cm³/mol. The van der Waals surface area contributed by atoms with Gasteiger partial charge in [0.2, 0.25) is 0 Å². The molecule has 0 fully saturated rings. The Morgan fingerprint density at radius 1 is 0.486 bits per heavy atom. The number of benzene rings is 4. The van der Waals surface area contributed by atoms with Crippen LogP contribution < -0.4 is 26.4 Å². The van der Waals surface area contributed by atoms with Crippen LogP contribution in [-0.4, -0.2) is 0 Å². The average Bonchev–Trinajstić information content (AvgIpc) is 2.96. The van der Waals surface area contributed by atoms with E-state index >= 15 is 0 Å². The van der Waals surface area contributed by atoms with Crippen LogP contribution in [0.15, 0.2) is 128 Å². The summed E-state index contributed by atoms with van der Waals surface area (Å²) in [4.78, 5) is 0. The summed E-state index contributed by atoms with van der Waals surface area (Å²) in [6.45, 7) is 0. The number of nitrogens with zero attached hydrogens (tertiary/aromatic N) is 2. The normalized spacial score (nSPS) is 12.1. The van der Waals surface area contributed by atoms with Gasteiger partial charge < -0.3 is 10.6 Å². The third-order valence-electron chi connectivity index (χ3n) is 5.53. The van der Waals surface area contributed by atoms with Crippen LogP contribution in [0.5, 0.6) is 0 Å². The van der Waals surface area contributed by atoms with E-state index in [-0.39, 0.29) is 0 Å². The Morgan fingerprint density at radius 2 is 0.829 bits per heavy atom. The number of rotatable bonds is 3. The molecule has 0 saturated heterocycles. The molecule has 5 heteroatoms. The number of halogens is 1. The predicted octanol–water partition coefficient (Wildman–Crippen LogP) is 6.33. The maximum atomic E-state index is 4.35. The molecule has 0 unspecified atom stereocenters. The Kier molecular flexibility index (Phi) is 9.57. The van der Waals surface area contributed by atoms with Crippen molar-refractivity contribution in [2.75, 3.05) is 0 Å². The first-order chi connectivity index (χ1) is 17.4. The molecule has 2 aliphatic rings. The van der Waals surface area contributed by atoms with Gasteiger partial charge in [-0.2, -0.15) is 12.4 Å². The van der Waals surface area contributed by atoms with Crippen molar-refractivity contribution in [1.29, 1.82) is 0 Å². The van der Waals surface area contributed by atoms with Gasteiger partial charge in [0.25, 0.3) is 0 Å². The fourth-order valence-corrected chi connectivity index (χ4v) is 6.57. The van der Waals surface area contributed by atoms with Gasteiger partial charge in [0.1, 0.15) is 15.9 Å². The molecule has 2 heterocycles. The van der Waals surface area contributed by atoms with E-state index in [1.807, 2.05) is 12.2 Å². The molecular weight excluding hydrogens is 563 g/mol. The fraction of sp³-hybridized carbons (Fsp3) is 0. The first kappa shape index (κ1) is 25.2. The summed E-state index contributed by atoms with van der Waals surface area (Å²) < 4.78 is 0. The molecule has 2 aliphatic heterocycles. The van der Waals surface area contributed by atoms with E-state index in [0.29, 0.717) is 0 Å². The first-order valence-corrected chi connectivity index (χ1v) is 15.0. The molecule has 0 aliphatic carbocycles. The van der Waals surface area contributed by atoms with Crippen LogP contribution in [0.2, 0.25) is 0 Å². The van der Waals surface area contributed by atoms with Gasteiger partial charge >= 0.3 is 28.3 Å². The SMILES string of the molecule is C1=C[N-]c2c3c(ccc2=C1)=CC=C[N-]3.[Cu][Br].c1ccc([PH+](c2ccccc2)c2ccccc2)cc1. The van der Waals surface area contributed by atoms with Gasteiger partial charge in [-0.15, -0.1) is 11.4 Å². The largest absolute Gasteiger partial charge is 0.102 e. The maximum absolute atomic E-state index is 4.35. The Bertz CT molecular complexity index is 1260. The molecule has 2 nitrogen and oxygen atoms in total. The molecule has 4 aromatic rings. The second-order valence-electron chi connectivity index (χ2n) is 7.69. The molecule has 178 valence electrons. The van der Waals surface area contributed by atoms with Crippen molar-refractivity contribution in [1.82, 2.24) is 0 Å². The van der Waals surface area contributed by atoms with Gasteiger partial charge in [0.15, 0.2) is 0 Å². The number of fused-ring (bicyclic) bond motifs is 3. The van der Waals surface area contributed by atoms with Gasteiger partial charge in [0, 0.05) is 0 Å². The van der Waals surface area contributed by atoms with Gasteiger partial charge in [-0.05, 0) is 46.8 Å². The molecule has 0 radical (unpaired) electrons. The Balaban J connectivity index is 0.000000160. The first-order valence-electron chi connectivity index (χ1n) is 11.1. The van der Waals surface area contributed by atoms with E-state index in [1.165, 1.54) is 15.9 Å². The standard InChI is InChI=1S/C18H15P.C12H8N2.BrH.Cu/c1-4-10-16(11-5-1)19(17-12-6-2-7-13-17)18-14-8-3-9-15-18;1-3-9-5-6-10-4-2-8-14-12(10)11(9)13-7-1;;/h1-15H;1-8H;1H;/q;-2;;+1. The van der Waals surface area contributed by atoms with Crippen molar-refractivity contribution in [2.24, 2.45) is 0 Å². The molecule has 0 bridgehead atoms. The van der Waals surface area contributed by atoms with E-state index in [0.717, 1.165) is 21.8 Å². The molecular formula is C30H24BrCuN2P-. The van der Waals surface area contributed by atoms with Crippen LogP contribution in [0.1, 0.15) is 0 Å². The monoisotopic (exact) mass is 585 g/mol. The van der Waals surface area contributed by atoms with Gasteiger partial charge in [0.05, 0.1) is 7.92 Å². The molecule has 0 aromatic heterocycles. The number of hydrogen-bond acceptors (Lipinski definition) is 0. The minimum absolute atomic E-state index is 0.877. The molecule has 0 saturated carbocycles. The third-order valence-corrected chi connectivity index (χ3v) is 8.26.